The number of halogens is 2. The summed E-state index contributed by atoms with van der Waals surface area (Å²) >= 11 is 0. The minimum atomic E-state index is -0.681. The topological polar surface area (TPSA) is 44.8 Å². The summed E-state index contributed by atoms with van der Waals surface area (Å²) in [6.45, 7) is 7.85. The molecule has 0 bridgehead atoms. The van der Waals surface area contributed by atoms with Crippen molar-refractivity contribution in [1.29, 1.82) is 0 Å². The zero-order chi connectivity index (χ0) is 29.4. The first-order chi connectivity index (χ1) is 20.3. The van der Waals surface area contributed by atoms with Gasteiger partial charge in [-0.3, -0.25) is 4.79 Å². The smallest absolute Gasteiger partial charge is 0.228 e. The van der Waals surface area contributed by atoms with Crippen molar-refractivity contribution in [2.45, 2.75) is 65.3 Å². The Labute approximate surface area is 246 Å². The third kappa shape index (κ3) is 5.58. The summed E-state index contributed by atoms with van der Waals surface area (Å²) in [6.07, 6.45) is 4.32. The van der Waals surface area contributed by atoms with Gasteiger partial charge in [-0.2, -0.15) is 0 Å². The van der Waals surface area contributed by atoms with Crippen LogP contribution < -0.4 is 10.2 Å². The third-order valence-electron chi connectivity index (χ3n) is 8.82. The van der Waals surface area contributed by atoms with Crippen LogP contribution in [0.4, 0.5) is 8.78 Å². The maximum absolute atomic E-state index is 14.2. The average Bonchev–Trinajstić information content (AvgIpc) is 3.58. The van der Waals surface area contributed by atoms with E-state index in [-0.39, 0.29) is 30.2 Å². The van der Waals surface area contributed by atoms with Gasteiger partial charge in [0.15, 0.2) is 0 Å². The maximum Gasteiger partial charge on any atom is 0.228 e. The molecule has 6 rings (SSSR count). The Morgan fingerprint density at radius 2 is 1.76 bits per heavy atom. The minimum Gasteiger partial charge on any atom is -0.489 e. The quantitative estimate of drug-likeness (QED) is 0.287. The largest absolute Gasteiger partial charge is 0.489 e. The van der Waals surface area contributed by atoms with E-state index in [2.05, 4.69) is 54.6 Å². The van der Waals surface area contributed by atoms with Crippen LogP contribution in [-0.2, 0) is 30.8 Å². The predicted molar refractivity (Wildman–Crippen MR) is 159 cm³/mol. The molecule has 2 heterocycles. The first-order valence-electron chi connectivity index (χ1n) is 14.7. The van der Waals surface area contributed by atoms with E-state index >= 15 is 0 Å². The highest BCUT2D eigenvalue weighted by atomic mass is 19.1. The van der Waals surface area contributed by atoms with Crippen LogP contribution in [0.1, 0.15) is 55.9 Å². The molecule has 0 aromatic heterocycles. The average molecular weight is 570 g/mol. The molecule has 7 heteroatoms. The van der Waals surface area contributed by atoms with Gasteiger partial charge in [-0.15, -0.1) is 0 Å². The van der Waals surface area contributed by atoms with Crippen molar-refractivity contribution < 1.29 is 18.3 Å². The fourth-order valence-corrected chi connectivity index (χ4v) is 6.44. The Hall–Kier alpha value is -3.97. The van der Waals surface area contributed by atoms with Crippen molar-refractivity contribution >= 4 is 5.91 Å². The van der Waals surface area contributed by atoms with Crippen LogP contribution in [0.15, 0.2) is 89.6 Å². The molecular formula is C35H37F2N3O2. The monoisotopic (exact) mass is 569 g/mol. The van der Waals surface area contributed by atoms with E-state index in [1.807, 2.05) is 36.1 Å². The molecule has 1 amide bonds. The number of carbonyl (C=O) groups excluding carboxylic acids is 1. The van der Waals surface area contributed by atoms with Gasteiger partial charge in [0.05, 0.1) is 6.54 Å². The van der Waals surface area contributed by atoms with Crippen LogP contribution in [0.3, 0.4) is 0 Å². The Bertz CT molecular complexity index is 1550. The van der Waals surface area contributed by atoms with E-state index in [4.69, 9.17) is 4.74 Å². The van der Waals surface area contributed by atoms with Crippen LogP contribution >= 0.6 is 0 Å². The van der Waals surface area contributed by atoms with E-state index in [9.17, 15) is 13.6 Å². The predicted octanol–water partition coefficient (Wildman–Crippen LogP) is 6.84. The summed E-state index contributed by atoms with van der Waals surface area (Å²) in [5, 5.41) is 2.09. The van der Waals surface area contributed by atoms with Gasteiger partial charge in [0.1, 0.15) is 29.7 Å². The molecule has 0 radical (unpaired) electrons. The van der Waals surface area contributed by atoms with E-state index in [0.717, 1.165) is 34.6 Å². The molecule has 2 atom stereocenters. The van der Waals surface area contributed by atoms with E-state index in [1.165, 1.54) is 29.3 Å². The lowest BCUT2D eigenvalue weighted by Crippen LogP contribution is -2.58. The second-order valence-electron chi connectivity index (χ2n) is 11.7. The van der Waals surface area contributed by atoms with Gasteiger partial charge in [-0.25, -0.2) is 14.2 Å². The van der Waals surface area contributed by atoms with Crippen LogP contribution in [0.5, 0.6) is 5.75 Å². The number of amides is 1. The zero-order valence-corrected chi connectivity index (χ0v) is 24.4. The molecular weight excluding hydrogens is 532 g/mol. The molecule has 218 valence electrons. The minimum absolute atomic E-state index is 0.0132. The maximum atomic E-state index is 14.2. The van der Waals surface area contributed by atoms with Crippen molar-refractivity contribution in [2.24, 2.45) is 5.92 Å². The van der Waals surface area contributed by atoms with Crippen LogP contribution in [-0.4, -0.2) is 28.0 Å². The summed E-state index contributed by atoms with van der Waals surface area (Å²) < 4.78 is 34.8. The van der Waals surface area contributed by atoms with Crippen LogP contribution in [0.2, 0.25) is 0 Å². The fourth-order valence-electron chi connectivity index (χ4n) is 6.44. The summed E-state index contributed by atoms with van der Waals surface area (Å²) in [5.41, 5.74) is 9.70. The molecule has 0 saturated carbocycles. The Balaban J connectivity index is 1.12. The van der Waals surface area contributed by atoms with Gasteiger partial charge in [0, 0.05) is 35.7 Å². The van der Waals surface area contributed by atoms with Gasteiger partial charge in [-0.05, 0) is 68.5 Å². The Morgan fingerprint density at radius 1 is 1.00 bits per heavy atom. The molecule has 3 aliphatic rings. The van der Waals surface area contributed by atoms with Gasteiger partial charge in [0.2, 0.25) is 5.91 Å². The van der Waals surface area contributed by atoms with E-state index in [1.54, 1.807) is 0 Å². The summed E-state index contributed by atoms with van der Waals surface area (Å²) in [5.74, 6) is -0.187. The van der Waals surface area contributed by atoms with Crippen molar-refractivity contribution in [3.8, 4) is 5.75 Å². The molecule has 2 unspecified atom stereocenters. The summed E-state index contributed by atoms with van der Waals surface area (Å²) in [6, 6.07) is 20.5. The number of likely N-dealkylation sites (tertiary alicyclic amines) is 1. The third-order valence-corrected chi connectivity index (χ3v) is 8.82. The van der Waals surface area contributed by atoms with Crippen molar-refractivity contribution in [2.75, 3.05) is 6.54 Å². The Morgan fingerprint density at radius 3 is 2.50 bits per heavy atom. The highest BCUT2D eigenvalue weighted by Gasteiger charge is 2.46. The Kier molecular flexibility index (Phi) is 7.62. The number of carbonyl (C=O) groups is 1. The highest BCUT2D eigenvalue weighted by molar-refractivity contribution is 5.83. The number of nitrogens with zero attached hydrogens (tertiary/aromatic N) is 2. The van der Waals surface area contributed by atoms with Crippen LogP contribution in [0.25, 0.3) is 0 Å². The molecule has 0 spiro atoms. The second kappa shape index (κ2) is 11.4. The number of nitrogens with one attached hydrogen (secondary N) is 1. The number of aryl methyl sites for hydroxylation is 1. The number of ether oxygens (including phenoxy) is 1. The summed E-state index contributed by atoms with van der Waals surface area (Å²) in [4.78, 5) is 15.4. The second-order valence-corrected chi connectivity index (χ2v) is 11.7. The molecule has 1 N–H and O–H groups in total. The zero-order valence-electron chi connectivity index (χ0n) is 24.4. The summed E-state index contributed by atoms with van der Waals surface area (Å²) in [7, 11) is 0. The molecule has 3 aromatic carbocycles. The van der Waals surface area contributed by atoms with Gasteiger partial charge in [0.25, 0.3) is 0 Å². The van der Waals surface area contributed by atoms with Crippen molar-refractivity contribution in [1.82, 2.24) is 15.3 Å². The molecule has 0 saturated heterocycles. The number of hydrogen-bond acceptors (Lipinski definition) is 4. The van der Waals surface area contributed by atoms with Crippen molar-refractivity contribution in [3.05, 3.63) is 124 Å². The van der Waals surface area contributed by atoms with E-state index in [0.29, 0.717) is 26.1 Å². The van der Waals surface area contributed by atoms with E-state index < -0.39 is 17.3 Å². The number of benzene rings is 3. The lowest BCUT2D eigenvalue weighted by Gasteiger charge is -2.39. The van der Waals surface area contributed by atoms with Gasteiger partial charge < -0.3 is 14.6 Å². The molecule has 2 aliphatic heterocycles. The lowest BCUT2D eigenvalue weighted by molar-refractivity contribution is -0.136. The lowest BCUT2D eigenvalue weighted by atomic mass is 10.0. The molecule has 42 heavy (non-hydrogen) atoms. The number of allylic oxidation sites excluding steroid dienone is 1. The highest BCUT2D eigenvalue weighted by Crippen LogP contribution is 2.49. The first kappa shape index (κ1) is 28.2. The van der Waals surface area contributed by atoms with Crippen molar-refractivity contribution in [3.63, 3.8) is 0 Å². The van der Waals surface area contributed by atoms with Gasteiger partial charge >= 0.3 is 0 Å². The normalized spacial score (nSPS) is 21.8. The molecule has 5 nitrogen and oxygen atoms in total. The number of rotatable bonds is 9. The molecule has 3 aromatic rings. The number of hydrazine groups is 1. The first-order valence-corrected chi connectivity index (χ1v) is 14.7. The molecule has 0 fully saturated rings. The SMILES string of the molecule is CCc1ccc(OCc2ccccc2)c(CN2NC(C)(N3CCC4=C(CC3=O)C4Cc3c(F)cccc3F)C=C2C)c1. The van der Waals surface area contributed by atoms with Crippen LogP contribution in [0, 0.1) is 17.6 Å². The fraction of sp³-hybridized carbons (Fsp3) is 0.343. The standard InChI is InChI=1S/C35H37F2N3O2/c1-4-24-13-14-33(42-22-25-9-6-5-7-10-25)26(17-24)21-40-23(2)20-35(3,38-40)39-16-15-27-28(29(27)19-34(39)41)18-30-31(36)11-8-12-32(30)37/h5-14,17,20,28,38H,4,15-16,18-19,21-22H2,1-3H3. The van der Waals surface area contributed by atoms with Gasteiger partial charge in [-0.1, -0.05) is 66.6 Å². The molecule has 1 aliphatic carbocycles. The number of hydrogen-bond donors (Lipinski definition) is 1.